The number of rotatable bonds is 5. The van der Waals surface area contributed by atoms with E-state index in [4.69, 9.17) is 0 Å². The van der Waals surface area contributed by atoms with E-state index in [-0.39, 0.29) is 11.7 Å². The van der Waals surface area contributed by atoms with Gasteiger partial charge in [-0.15, -0.1) is 5.10 Å². The molecule has 1 aromatic heterocycles. The Morgan fingerprint density at radius 3 is 2.24 bits per heavy atom. The van der Waals surface area contributed by atoms with Gasteiger partial charge in [0.05, 0.1) is 5.69 Å². The summed E-state index contributed by atoms with van der Waals surface area (Å²) in [7, 11) is 0. The number of carbonyl (C=O) groups is 2. The number of amides is 2. The lowest BCUT2D eigenvalue weighted by molar-refractivity contribution is 0.0791. The molecule has 1 N–H and O–H groups in total. The zero-order valence-corrected chi connectivity index (χ0v) is 18.9. The van der Waals surface area contributed by atoms with Crippen LogP contribution in [-0.2, 0) is 0 Å². The lowest BCUT2D eigenvalue weighted by atomic mass is 10.1. The summed E-state index contributed by atoms with van der Waals surface area (Å²) in [5.41, 5.74) is 3.58. The van der Waals surface area contributed by atoms with Crippen LogP contribution in [0.5, 0.6) is 0 Å². The zero-order valence-electron chi connectivity index (χ0n) is 18.9. The Labute approximate surface area is 198 Å². The normalized spacial score (nSPS) is 13.1. The molecule has 0 aliphatic carbocycles. The van der Waals surface area contributed by atoms with E-state index in [1.54, 1.807) is 16.8 Å². The average Bonchev–Trinajstić information content (AvgIpc) is 3.57. The molecule has 1 aliphatic heterocycles. The van der Waals surface area contributed by atoms with Crippen molar-refractivity contribution < 1.29 is 9.59 Å². The Kier molecular flexibility index (Phi) is 5.91. The minimum Gasteiger partial charge on any atom is -0.339 e. The molecule has 4 aromatic rings. The van der Waals surface area contributed by atoms with E-state index >= 15 is 0 Å². The SMILES string of the molecule is Cc1c(NC(=O)c2nc(-c3ccccc3)n(-c3ccccc3)n2)cccc1C(=O)N1CCCC1. The van der Waals surface area contributed by atoms with Crippen molar-refractivity contribution >= 4 is 17.5 Å². The van der Waals surface area contributed by atoms with Crippen molar-refractivity contribution in [2.24, 2.45) is 0 Å². The number of anilines is 1. The third-order valence-electron chi connectivity index (χ3n) is 6.05. The summed E-state index contributed by atoms with van der Waals surface area (Å²) in [6, 6.07) is 24.6. The predicted octanol–water partition coefficient (Wildman–Crippen LogP) is 4.73. The van der Waals surface area contributed by atoms with Gasteiger partial charge in [-0.05, 0) is 49.6 Å². The Morgan fingerprint density at radius 2 is 1.53 bits per heavy atom. The number of aromatic nitrogens is 3. The summed E-state index contributed by atoms with van der Waals surface area (Å²) in [5, 5.41) is 7.43. The van der Waals surface area contributed by atoms with Crippen molar-refractivity contribution in [2.75, 3.05) is 18.4 Å². The third-order valence-corrected chi connectivity index (χ3v) is 6.05. The number of likely N-dealkylation sites (tertiary alicyclic amines) is 1. The van der Waals surface area contributed by atoms with Crippen molar-refractivity contribution in [3.8, 4) is 17.1 Å². The molecule has 34 heavy (non-hydrogen) atoms. The lowest BCUT2D eigenvalue weighted by Gasteiger charge is -2.18. The van der Waals surface area contributed by atoms with E-state index in [0.717, 1.165) is 42.7 Å². The van der Waals surface area contributed by atoms with Crippen LogP contribution < -0.4 is 5.32 Å². The molecular formula is C27H25N5O2. The van der Waals surface area contributed by atoms with Gasteiger partial charge in [0.1, 0.15) is 0 Å². The van der Waals surface area contributed by atoms with Gasteiger partial charge in [-0.3, -0.25) is 9.59 Å². The second-order valence-corrected chi connectivity index (χ2v) is 8.30. The number of nitrogens with one attached hydrogen (secondary N) is 1. The van der Waals surface area contributed by atoms with Gasteiger partial charge in [-0.2, -0.15) is 0 Å². The first-order chi connectivity index (χ1) is 16.6. The highest BCUT2D eigenvalue weighted by atomic mass is 16.2. The molecule has 3 aromatic carbocycles. The zero-order chi connectivity index (χ0) is 23.5. The van der Waals surface area contributed by atoms with Crippen LogP contribution in [0.3, 0.4) is 0 Å². The fourth-order valence-corrected chi connectivity index (χ4v) is 4.20. The van der Waals surface area contributed by atoms with E-state index in [2.05, 4.69) is 15.4 Å². The van der Waals surface area contributed by atoms with Gasteiger partial charge < -0.3 is 10.2 Å². The average molecular weight is 452 g/mol. The monoisotopic (exact) mass is 451 g/mol. The third kappa shape index (κ3) is 4.20. The molecule has 0 radical (unpaired) electrons. The number of para-hydroxylation sites is 1. The Hall–Kier alpha value is -4.26. The standard InChI is InChI=1S/C27H25N5O2/c1-19-22(27(34)31-17-8-9-18-31)15-10-16-23(19)28-26(33)24-29-25(20-11-4-2-5-12-20)32(30-24)21-13-6-3-7-14-21/h2-7,10-16H,8-9,17-18H2,1H3,(H,28,33). The first-order valence-corrected chi connectivity index (χ1v) is 11.4. The summed E-state index contributed by atoms with van der Waals surface area (Å²) >= 11 is 0. The minimum absolute atomic E-state index is 0.00365. The Morgan fingerprint density at radius 1 is 0.853 bits per heavy atom. The molecule has 0 bridgehead atoms. The fourth-order valence-electron chi connectivity index (χ4n) is 4.20. The van der Waals surface area contributed by atoms with Gasteiger partial charge in [-0.1, -0.05) is 54.6 Å². The maximum atomic E-state index is 13.2. The molecule has 1 aliphatic rings. The molecule has 5 rings (SSSR count). The molecule has 1 fully saturated rings. The molecule has 0 unspecified atom stereocenters. The van der Waals surface area contributed by atoms with Crippen LogP contribution in [0.1, 0.15) is 39.4 Å². The fraction of sp³-hybridized carbons (Fsp3) is 0.185. The maximum Gasteiger partial charge on any atom is 0.295 e. The number of carbonyl (C=O) groups excluding carboxylic acids is 2. The largest absolute Gasteiger partial charge is 0.339 e. The highest BCUT2D eigenvalue weighted by molar-refractivity contribution is 6.04. The van der Waals surface area contributed by atoms with Crippen LogP contribution in [0.2, 0.25) is 0 Å². The van der Waals surface area contributed by atoms with E-state index in [9.17, 15) is 9.59 Å². The van der Waals surface area contributed by atoms with Gasteiger partial charge in [0.25, 0.3) is 11.8 Å². The highest BCUT2D eigenvalue weighted by Gasteiger charge is 2.23. The van der Waals surface area contributed by atoms with Gasteiger partial charge in [0.15, 0.2) is 5.82 Å². The topological polar surface area (TPSA) is 80.1 Å². The van der Waals surface area contributed by atoms with E-state index in [1.807, 2.05) is 78.6 Å². The summed E-state index contributed by atoms with van der Waals surface area (Å²) in [5.74, 6) is 0.203. The molecular weight excluding hydrogens is 426 g/mol. The quantitative estimate of drug-likeness (QED) is 0.476. The number of hydrogen-bond acceptors (Lipinski definition) is 4. The van der Waals surface area contributed by atoms with E-state index in [1.165, 1.54) is 0 Å². The summed E-state index contributed by atoms with van der Waals surface area (Å²) in [6.07, 6.45) is 2.06. The van der Waals surface area contributed by atoms with Gasteiger partial charge in [-0.25, -0.2) is 9.67 Å². The van der Waals surface area contributed by atoms with E-state index < -0.39 is 5.91 Å². The second kappa shape index (κ2) is 9.31. The van der Waals surface area contributed by atoms with Gasteiger partial charge >= 0.3 is 0 Å². The summed E-state index contributed by atoms with van der Waals surface area (Å²) < 4.78 is 1.67. The highest BCUT2D eigenvalue weighted by Crippen LogP contribution is 2.24. The van der Waals surface area contributed by atoms with Crippen molar-refractivity contribution in [3.63, 3.8) is 0 Å². The molecule has 7 nitrogen and oxygen atoms in total. The van der Waals surface area contributed by atoms with Crippen LogP contribution in [0, 0.1) is 6.92 Å². The summed E-state index contributed by atoms with van der Waals surface area (Å²) in [4.78, 5) is 32.5. The van der Waals surface area contributed by atoms with Crippen LogP contribution in [0.15, 0.2) is 78.9 Å². The Balaban J connectivity index is 1.46. The number of nitrogens with zero attached hydrogens (tertiary/aromatic N) is 4. The number of hydrogen-bond donors (Lipinski definition) is 1. The second-order valence-electron chi connectivity index (χ2n) is 8.30. The van der Waals surface area contributed by atoms with Gasteiger partial charge in [0, 0.05) is 29.9 Å². The molecule has 2 amide bonds. The maximum absolute atomic E-state index is 13.2. The molecule has 7 heteroatoms. The summed E-state index contributed by atoms with van der Waals surface area (Å²) in [6.45, 7) is 3.40. The first-order valence-electron chi connectivity index (χ1n) is 11.4. The van der Waals surface area contributed by atoms with Crippen molar-refractivity contribution in [3.05, 3.63) is 95.8 Å². The molecule has 0 atom stereocenters. The molecule has 0 spiro atoms. The van der Waals surface area contributed by atoms with Crippen LogP contribution in [0.25, 0.3) is 17.1 Å². The van der Waals surface area contributed by atoms with Crippen LogP contribution >= 0.6 is 0 Å². The molecule has 170 valence electrons. The minimum atomic E-state index is -0.430. The van der Waals surface area contributed by atoms with Crippen molar-refractivity contribution in [1.29, 1.82) is 0 Å². The van der Waals surface area contributed by atoms with Gasteiger partial charge in [0.2, 0.25) is 5.82 Å². The Bertz CT molecular complexity index is 1270. The molecule has 0 saturated carbocycles. The van der Waals surface area contributed by atoms with Crippen molar-refractivity contribution in [1.82, 2.24) is 19.7 Å². The number of benzene rings is 3. The smallest absolute Gasteiger partial charge is 0.295 e. The van der Waals surface area contributed by atoms with Crippen molar-refractivity contribution in [2.45, 2.75) is 19.8 Å². The molecule has 2 heterocycles. The van der Waals surface area contributed by atoms with Crippen LogP contribution in [0.4, 0.5) is 5.69 Å². The molecule has 1 saturated heterocycles. The van der Waals surface area contributed by atoms with E-state index in [0.29, 0.717) is 17.1 Å². The first kappa shape index (κ1) is 21.6. The lowest BCUT2D eigenvalue weighted by Crippen LogP contribution is -2.28. The predicted molar refractivity (Wildman–Crippen MR) is 131 cm³/mol. The van der Waals surface area contributed by atoms with Crippen LogP contribution in [-0.4, -0.2) is 44.6 Å².